The van der Waals surface area contributed by atoms with Crippen molar-refractivity contribution in [1.82, 2.24) is 26.1 Å². The van der Waals surface area contributed by atoms with Crippen LogP contribution in [0.3, 0.4) is 0 Å². The van der Waals surface area contributed by atoms with Crippen molar-refractivity contribution in [1.29, 1.82) is 0 Å². The molecule has 2 aromatic rings. The molecule has 4 atom stereocenters. The van der Waals surface area contributed by atoms with Gasteiger partial charge in [0.05, 0.1) is 22.7 Å². The van der Waals surface area contributed by atoms with Crippen LogP contribution < -0.4 is 16.1 Å². The molecule has 1 saturated carbocycles. The van der Waals surface area contributed by atoms with Crippen LogP contribution in [0.15, 0.2) is 36.4 Å². The monoisotopic (exact) mass is 603 g/mol. The van der Waals surface area contributed by atoms with Gasteiger partial charge in [-0.3, -0.25) is 29.2 Å². The third-order valence-corrected chi connectivity index (χ3v) is 9.30. The lowest BCUT2D eigenvalue weighted by atomic mass is 9.70. The number of rotatable bonds is 1. The third kappa shape index (κ3) is 6.80. The molecule has 44 heavy (non-hydrogen) atoms. The number of esters is 1. The van der Waals surface area contributed by atoms with E-state index in [1.807, 2.05) is 63.3 Å². The van der Waals surface area contributed by atoms with Gasteiger partial charge in [-0.1, -0.05) is 51.1 Å². The zero-order chi connectivity index (χ0) is 31.6. The molecule has 10 heteroatoms. The summed E-state index contributed by atoms with van der Waals surface area (Å²) in [6.45, 7) is 9.73. The second kappa shape index (κ2) is 13.1. The summed E-state index contributed by atoms with van der Waals surface area (Å²) in [5.74, 6) is -1.34. The fourth-order valence-electron chi connectivity index (χ4n) is 6.30. The first kappa shape index (κ1) is 31.6. The first-order valence-electron chi connectivity index (χ1n) is 15.9. The Hall–Kier alpha value is -3.79. The highest BCUT2D eigenvalue weighted by atomic mass is 16.5. The molecule has 2 fully saturated rings. The van der Waals surface area contributed by atoms with E-state index in [9.17, 15) is 19.2 Å². The Kier molecular flexibility index (Phi) is 9.39. The van der Waals surface area contributed by atoms with Crippen LogP contribution in [-0.2, 0) is 23.9 Å². The largest absolute Gasteiger partial charge is 0.451 e. The van der Waals surface area contributed by atoms with E-state index in [-0.39, 0.29) is 23.8 Å². The summed E-state index contributed by atoms with van der Waals surface area (Å²) >= 11 is 0. The predicted molar refractivity (Wildman–Crippen MR) is 168 cm³/mol. The van der Waals surface area contributed by atoms with Gasteiger partial charge in [0.15, 0.2) is 6.10 Å². The second-order valence-corrected chi connectivity index (χ2v) is 13.2. The van der Waals surface area contributed by atoms with Crippen molar-refractivity contribution in [3.05, 3.63) is 47.7 Å². The minimum atomic E-state index is -1.06. The van der Waals surface area contributed by atoms with Crippen LogP contribution in [0, 0.1) is 17.3 Å². The van der Waals surface area contributed by atoms with Gasteiger partial charge in [-0.15, -0.1) is 0 Å². The number of hydrogen-bond donors (Lipinski definition) is 3. The Bertz CT molecular complexity index is 1450. The van der Waals surface area contributed by atoms with Crippen LogP contribution >= 0.6 is 0 Å². The zero-order valence-electron chi connectivity index (χ0n) is 26.4. The lowest BCUT2D eigenvalue weighted by Crippen LogP contribution is -2.61. The van der Waals surface area contributed by atoms with Gasteiger partial charge in [-0.25, -0.2) is 5.43 Å². The number of amides is 3. The average Bonchev–Trinajstić information content (AvgIpc) is 3.01. The summed E-state index contributed by atoms with van der Waals surface area (Å²) in [4.78, 5) is 58.9. The normalized spacial score (nSPS) is 31.5. The Morgan fingerprint density at radius 2 is 1.64 bits per heavy atom. The molecule has 3 N–H and O–H groups in total. The average molecular weight is 604 g/mol. The molecule has 1 saturated heterocycles. The van der Waals surface area contributed by atoms with Gasteiger partial charge in [0.2, 0.25) is 5.91 Å². The maximum absolute atomic E-state index is 14.0. The highest BCUT2D eigenvalue weighted by Crippen LogP contribution is 2.42. The summed E-state index contributed by atoms with van der Waals surface area (Å²) in [6.07, 6.45) is 7.02. The van der Waals surface area contributed by atoms with Crippen molar-refractivity contribution in [2.24, 2.45) is 17.3 Å². The number of nitrogens with one attached hydrogen (secondary N) is 3. The van der Waals surface area contributed by atoms with Crippen LogP contribution in [0.4, 0.5) is 0 Å². The topological polar surface area (TPSA) is 130 Å². The Balaban J connectivity index is 1.53. The molecule has 3 heterocycles. The molecule has 236 valence electrons. The lowest BCUT2D eigenvalue weighted by Gasteiger charge is -2.37. The van der Waals surface area contributed by atoms with Gasteiger partial charge in [-0.2, -0.15) is 0 Å². The van der Waals surface area contributed by atoms with Gasteiger partial charge in [-0.05, 0) is 81.9 Å². The van der Waals surface area contributed by atoms with E-state index in [1.54, 1.807) is 6.92 Å². The number of hydrazine groups is 1. The molecule has 5 rings (SSSR count). The maximum Gasteiger partial charge on any atom is 0.316 e. The van der Waals surface area contributed by atoms with Crippen LogP contribution in [0.2, 0.25) is 0 Å². The van der Waals surface area contributed by atoms with E-state index in [4.69, 9.17) is 9.72 Å². The van der Waals surface area contributed by atoms with E-state index in [1.165, 1.54) is 5.01 Å². The van der Waals surface area contributed by atoms with Crippen molar-refractivity contribution in [2.75, 3.05) is 6.54 Å². The Morgan fingerprint density at radius 3 is 2.36 bits per heavy atom. The number of carbonyl (C=O) groups is 4. The lowest BCUT2D eigenvalue weighted by molar-refractivity contribution is -0.168. The number of ether oxygens (including phenoxy) is 1. The molecule has 5 bridgehead atoms. The van der Waals surface area contributed by atoms with E-state index in [0.29, 0.717) is 38.1 Å². The molecule has 3 amide bonds. The first-order chi connectivity index (χ1) is 21.0. The molecule has 0 radical (unpaired) electrons. The quantitative estimate of drug-likeness (QED) is 0.417. The molecular weight excluding hydrogens is 558 g/mol. The third-order valence-electron chi connectivity index (χ3n) is 9.30. The molecule has 10 nitrogen and oxygen atoms in total. The SMILES string of the molecule is CC(C)C1OC(=O)[C@]2(/C=C/c3ccc4ccc(nc4c3)[C@@H](C)NC(=O)[C@@H]3CCCN(N3)C(=O)[C@H](C)NC1=O)CC[C@@H](C)CC2. The minimum absolute atomic E-state index is 0.227. The number of benzene rings is 1. The van der Waals surface area contributed by atoms with E-state index < -0.39 is 35.5 Å². The first-order valence-corrected chi connectivity index (χ1v) is 15.9. The van der Waals surface area contributed by atoms with Gasteiger partial charge in [0.1, 0.15) is 12.1 Å². The second-order valence-electron chi connectivity index (χ2n) is 13.2. The van der Waals surface area contributed by atoms with E-state index in [0.717, 1.165) is 35.0 Å². The van der Waals surface area contributed by atoms with Crippen LogP contribution in [-0.4, -0.2) is 58.4 Å². The molecule has 1 spiro atoms. The van der Waals surface area contributed by atoms with Gasteiger partial charge >= 0.3 is 5.97 Å². The highest BCUT2D eigenvalue weighted by molar-refractivity contribution is 5.92. The Morgan fingerprint density at radius 1 is 0.932 bits per heavy atom. The van der Waals surface area contributed by atoms with Crippen molar-refractivity contribution < 1.29 is 23.9 Å². The summed E-state index contributed by atoms with van der Waals surface area (Å²) in [5, 5.41) is 8.18. The van der Waals surface area contributed by atoms with Crippen molar-refractivity contribution in [3.63, 3.8) is 0 Å². The number of carbonyl (C=O) groups excluding carboxylic acids is 4. The van der Waals surface area contributed by atoms with Crippen molar-refractivity contribution in [2.45, 2.75) is 97.4 Å². The molecule has 1 unspecified atom stereocenters. The summed E-state index contributed by atoms with van der Waals surface area (Å²) in [7, 11) is 0. The molecule has 2 aliphatic heterocycles. The number of aromatic nitrogens is 1. The van der Waals surface area contributed by atoms with Gasteiger partial charge in [0.25, 0.3) is 11.8 Å². The zero-order valence-corrected chi connectivity index (χ0v) is 26.4. The maximum atomic E-state index is 14.0. The molecular formula is C34H45N5O5. The predicted octanol–water partition coefficient (Wildman–Crippen LogP) is 4.20. The standard InChI is InChI=1S/C34H45N5O5/c1-20(2)29-31(41)36-23(5)32(42)39-18-6-7-27(38-39)30(40)35-22(4)26-11-10-25-9-8-24(19-28(25)37-26)14-17-34(33(43)44-29)15-12-21(3)13-16-34/h8-11,14,17,19-23,27,29,38H,6-7,12-13,15-16,18H2,1-5H3,(H,35,40)(H,36,41)/b17-14+/t21-,22-,23+,27+,29?,34-/m1/s1. The number of cyclic esters (lactones) is 1. The molecule has 1 aromatic carbocycles. The van der Waals surface area contributed by atoms with Gasteiger partial charge in [0, 0.05) is 11.9 Å². The number of fused-ring (bicyclic) bond motifs is 4. The minimum Gasteiger partial charge on any atom is -0.451 e. The molecule has 3 aliphatic rings. The van der Waals surface area contributed by atoms with Crippen LogP contribution in [0.5, 0.6) is 0 Å². The fourth-order valence-corrected chi connectivity index (χ4v) is 6.30. The smallest absolute Gasteiger partial charge is 0.316 e. The van der Waals surface area contributed by atoms with Crippen LogP contribution in [0.25, 0.3) is 17.0 Å². The molecule has 1 aromatic heterocycles. The number of pyridine rings is 1. The van der Waals surface area contributed by atoms with Gasteiger partial charge < -0.3 is 15.4 Å². The molecule has 1 aliphatic carbocycles. The summed E-state index contributed by atoms with van der Waals surface area (Å²) in [6, 6.07) is 8.01. The Labute approximate surface area is 259 Å². The summed E-state index contributed by atoms with van der Waals surface area (Å²) in [5.41, 5.74) is 4.58. The summed E-state index contributed by atoms with van der Waals surface area (Å²) < 4.78 is 6.01. The highest BCUT2D eigenvalue weighted by Gasteiger charge is 2.43. The van der Waals surface area contributed by atoms with Crippen molar-refractivity contribution in [3.8, 4) is 0 Å². The van der Waals surface area contributed by atoms with E-state index >= 15 is 0 Å². The van der Waals surface area contributed by atoms with Crippen molar-refractivity contribution >= 4 is 40.7 Å². The number of nitrogens with zero attached hydrogens (tertiary/aromatic N) is 2. The number of hydrogen-bond acceptors (Lipinski definition) is 7. The van der Waals surface area contributed by atoms with E-state index in [2.05, 4.69) is 23.0 Å². The fraction of sp³-hybridized carbons (Fsp3) is 0.559. The van der Waals surface area contributed by atoms with Crippen LogP contribution in [0.1, 0.15) is 90.4 Å².